The highest BCUT2D eigenvalue weighted by molar-refractivity contribution is 6.06. The molecule has 0 unspecified atom stereocenters. The van der Waals surface area contributed by atoms with Gasteiger partial charge in [-0.05, 0) is 61.4 Å². The summed E-state index contributed by atoms with van der Waals surface area (Å²) in [6.07, 6.45) is 5.51. The van der Waals surface area contributed by atoms with Gasteiger partial charge in [-0.25, -0.2) is 4.39 Å². The van der Waals surface area contributed by atoms with Gasteiger partial charge < -0.3 is 19.6 Å². The minimum absolute atomic E-state index is 0.0403. The quantitative estimate of drug-likeness (QED) is 0.442. The summed E-state index contributed by atoms with van der Waals surface area (Å²) < 4.78 is 21.7. The minimum Gasteiger partial charge on any atom is -0.459 e. The van der Waals surface area contributed by atoms with Gasteiger partial charge in [-0.3, -0.25) is 9.59 Å². The summed E-state index contributed by atoms with van der Waals surface area (Å²) in [6.45, 7) is 0.813. The van der Waals surface area contributed by atoms with E-state index in [1.807, 2.05) is 0 Å². The van der Waals surface area contributed by atoms with Crippen molar-refractivity contribution in [3.8, 4) is 11.4 Å². The Kier molecular flexibility index (Phi) is 5.90. The van der Waals surface area contributed by atoms with Crippen LogP contribution in [-0.4, -0.2) is 26.6 Å². The molecule has 0 spiro atoms. The van der Waals surface area contributed by atoms with Gasteiger partial charge in [-0.2, -0.15) is 0 Å². The number of nitrogens with zero attached hydrogens (tertiary/aromatic N) is 3. The molecule has 0 saturated carbocycles. The SMILES string of the molecule is O=C(Nc1cc(-c2nnc3n2CCCCC3)ccc1F)c1cccc(NC(=O)c2ccco2)c1. The first-order valence-corrected chi connectivity index (χ1v) is 11.1. The van der Waals surface area contributed by atoms with Crippen LogP contribution >= 0.6 is 0 Å². The zero-order valence-corrected chi connectivity index (χ0v) is 18.3. The highest BCUT2D eigenvalue weighted by Gasteiger charge is 2.18. The molecular weight excluding hydrogens is 437 g/mol. The number of furan rings is 1. The second kappa shape index (κ2) is 9.30. The molecule has 0 saturated heterocycles. The summed E-state index contributed by atoms with van der Waals surface area (Å²) in [6, 6.07) is 14.0. The van der Waals surface area contributed by atoms with Crippen molar-refractivity contribution >= 4 is 23.2 Å². The predicted molar refractivity (Wildman–Crippen MR) is 124 cm³/mol. The van der Waals surface area contributed by atoms with Crippen molar-refractivity contribution in [2.75, 3.05) is 10.6 Å². The number of nitrogens with one attached hydrogen (secondary N) is 2. The number of aryl methyl sites for hydroxylation is 1. The molecule has 2 amide bonds. The number of amides is 2. The van der Waals surface area contributed by atoms with E-state index in [1.165, 1.54) is 24.5 Å². The zero-order chi connectivity index (χ0) is 23.5. The average molecular weight is 459 g/mol. The van der Waals surface area contributed by atoms with E-state index in [0.29, 0.717) is 17.1 Å². The highest BCUT2D eigenvalue weighted by atomic mass is 19.1. The van der Waals surface area contributed by atoms with Crippen LogP contribution in [0.5, 0.6) is 0 Å². The molecule has 172 valence electrons. The molecule has 3 heterocycles. The van der Waals surface area contributed by atoms with Crippen LogP contribution in [0.2, 0.25) is 0 Å². The first-order chi connectivity index (χ1) is 16.6. The zero-order valence-electron chi connectivity index (χ0n) is 18.3. The molecule has 0 radical (unpaired) electrons. The van der Waals surface area contributed by atoms with Crippen LogP contribution in [-0.2, 0) is 13.0 Å². The Morgan fingerprint density at radius 1 is 0.941 bits per heavy atom. The largest absolute Gasteiger partial charge is 0.459 e. The van der Waals surface area contributed by atoms with Gasteiger partial charge in [0.05, 0.1) is 12.0 Å². The number of hydrogen-bond donors (Lipinski definition) is 2. The van der Waals surface area contributed by atoms with Gasteiger partial charge in [0.15, 0.2) is 11.6 Å². The summed E-state index contributed by atoms with van der Waals surface area (Å²) in [5, 5.41) is 13.9. The summed E-state index contributed by atoms with van der Waals surface area (Å²) in [5.41, 5.74) is 1.39. The van der Waals surface area contributed by atoms with Crippen LogP contribution in [0.1, 0.15) is 46.0 Å². The summed E-state index contributed by atoms with van der Waals surface area (Å²) in [5.74, 6) is 0.236. The fourth-order valence-corrected chi connectivity index (χ4v) is 3.99. The Morgan fingerprint density at radius 3 is 2.71 bits per heavy atom. The molecule has 5 rings (SSSR count). The van der Waals surface area contributed by atoms with Gasteiger partial charge in [-0.15, -0.1) is 10.2 Å². The molecule has 1 aliphatic rings. The van der Waals surface area contributed by atoms with Gasteiger partial charge in [-0.1, -0.05) is 12.5 Å². The number of aromatic nitrogens is 3. The van der Waals surface area contributed by atoms with E-state index in [1.54, 1.807) is 36.4 Å². The van der Waals surface area contributed by atoms with E-state index in [9.17, 15) is 14.0 Å². The maximum absolute atomic E-state index is 14.6. The average Bonchev–Trinajstić information content (AvgIpc) is 3.46. The highest BCUT2D eigenvalue weighted by Crippen LogP contribution is 2.27. The Balaban J connectivity index is 1.35. The van der Waals surface area contributed by atoms with Crippen molar-refractivity contribution in [3.05, 3.63) is 83.8 Å². The van der Waals surface area contributed by atoms with Crippen molar-refractivity contribution in [1.82, 2.24) is 14.8 Å². The Hall–Kier alpha value is -4.27. The van der Waals surface area contributed by atoms with Crippen LogP contribution in [0.15, 0.2) is 65.3 Å². The first-order valence-electron chi connectivity index (χ1n) is 11.1. The lowest BCUT2D eigenvalue weighted by atomic mass is 10.1. The maximum Gasteiger partial charge on any atom is 0.291 e. The molecule has 9 heteroatoms. The number of benzene rings is 2. The van der Waals surface area contributed by atoms with Crippen molar-refractivity contribution in [2.24, 2.45) is 0 Å². The van der Waals surface area contributed by atoms with Crippen LogP contribution < -0.4 is 10.6 Å². The van der Waals surface area contributed by atoms with Crippen LogP contribution in [0.25, 0.3) is 11.4 Å². The number of hydrogen-bond acceptors (Lipinski definition) is 5. The maximum atomic E-state index is 14.6. The fraction of sp³-hybridized carbons (Fsp3) is 0.200. The van der Waals surface area contributed by atoms with Crippen LogP contribution in [0.4, 0.5) is 15.8 Å². The lowest BCUT2D eigenvalue weighted by Gasteiger charge is -2.11. The minimum atomic E-state index is -0.560. The predicted octanol–water partition coefficient (Wildman–Crippen LogP) is 4.91. The third-order valence-corrected chi connectivity index (χ3v) is 5.71. The normalized spacial score (nSPS) is 13.1. The lowest BCUT2D eigenvalue weighted by molar-refractivity contribution is 0.0993. The molecule has 0 fully saturated rings. The molecule has 1 aliphatic heterocycles. The van der Waals surface area contributed by atoms with Crippen molar-refractivity contribution < 1.29 is 18.4 Å². The standard InChI is InChI=1S/C25H22FN5O3/c26-19-11-10-16(23-30-29-22-9-2-1-3-12-31(22)23)15-20(19)28-24(32)17-6-4-7-18(14-17)27-25(33)21-8-5-13-34-21/h4-8,10-11,13-15H,1-3,9,12H2,(H,27,33)(H,28,32). The van der Waals surface area contributed by atoms with E-state index in [4.69, 9.17) is 4.42 Å². The summed E-state index contributed by atoms with van der Waals surface area (Å²) in [4.78, 5) is 25.1. The molecule has 34 heavy (non-hydrogen) atoms. The number of carbonyl (C=O) groups is 2. The third kappa shape index (κ3) is 4.45. The lowest BCUT2D eigenvalue weighted by Crippen LogP contribution is -2.15. The van der Waals surface area contributed by atoms with Crippen LogP contribution in [0.3, 0.4) is 0 Å². The molecular formula is C25H22FN5O3. The van der Waals surface area contributed by atoms with Crippen molar-refractivity contribution in [1.29, 1.82) is 0 Å². The number of anilines is 2. The fourth-order valence-electron chi connectivity index (χ4n) is 3.99. The summed E-state index contributed by atoms with van der Waals surface area (Å²) >= 11 is 0. The van der Waals surface area contributed by atoms with Gasteiger partial charge in [0.1, 0.15) is 11.6 Å². The number of halogens is 1. The van der Waals surface area contributed by atoms with Crippen LogP contribution in [0, 0.1) is 5.82 Å². The smallest absolute Gasteiger partial charge is 0.291 e. The Morgan fingerprint density at radius 2 is 1.85 bits per heavy atom. The molecule has 4 aromatic rings. The number of rotatable bonds is 5. The first kappa shape index (κ1) is 21.6. The molecule has 0 atom stereocenters. The Bertz CT molecular complexity index is 1350. The number of carbonyl (C=O) groups excluding carboxylic acids is 2. The third-order valence-electron chi connectivity index (χ3n) is 5.71. The molecule has 0 aliphatic carbocycles. The van der Waals surface area contributed by atoms with Gasteiger partial charge in [0.25, 0.3) is 11.8 Å². The van der Waals surface area contributed by atoms with E-state index >= 15 is 0 Å². The number of fused-ring (bicyclic) bond motifs is 1. The molecule has 2 aromatic carbocycles. The Labute approximate surface area is 194 Å². The molecule has 0 bridgehead atoms. The monoisotopic (exact) mass is 459 g/mol. The summed E-state index contributed by atoms with van der Waals surface area (Å²) in [7, 11) is 0. The van der Waals surface area contributed by atoms with Gasteiger partial charge in [0.2, 0.25) is 0 Å². The van der Waals surface area contributed by atoms with E-state index in [-0.39, 0.29) is 17.0 Å². The van der Waals surface area contributed by atoms with Gasteiger partial charge >= 0.3 is 0 Å². The molecule has 2 N–H and O–H groups in total. The van der Waals surface area contributed by atoms with Crippen molar-refractivity contribution in [3.63, 3.8) is 0 Å². The van der Waals surface area contributed by atoms with Crippen molar-refractivity contribution in [2.45, 2.75) is 32.2 Å². The van der Waals surface area contributed by atoms with E-state index < -0.39 is 17.6 Å². The second-order valence-corrected chi connectivity index (χ2v) is 8.06. The van der Waals surface area contributed by atoms with E-state index in [2.05, 4.69) is 25.4 Å². The van der Waals surface area contributed by atoms with E-state index in [0.717, 1.165) is 38.1 Å². The molecule has 2 aromatic heterocycles. The molecule has 8 nitrogen and oxygen atoms in total. The van der Waals surface area contributed by atoms with Gasteiger partial charge in [0, 0.05) is 29.8 Å². The second-order valence-electron chi connectivity index (χ2n) is 8.06. The topological polar surface area (TPSA) is 102 Å².